The number of benzene rings is 1. The van der Waals surface area contributed by atoms with Gasteiger partial charge in [-0.15, -0.1) is 11.8 Å². The maximum absolute atomic E-state index is 8.41. The first kappa shape index (κ1) is 10.2. The van der Waals surface area contributed by atoms with Gasteiger partial charge in [0.2, 0.25) is 0 Å². The molecule has 4 heteroatoms. The topological polar surface area (TPSA) is 33.0 Å². The molecule has 0 fully saturated rings. The van der Waals surface area contributed by atoms with Gasteiger partial charge in [-0.25, -0.2) is 0 Å². The molecule has 1 rings (SSSR count). The maximum Gasteiger partial charge on any atom is 0.133 e. The van der Waals surface area contributed by atoms with Crippen molar-refractivity contribution in [2.75, 3.05) is 12.9 Å². The summed E-state index contributed by atoms with van der Waals surface area (Å²) in [5.74, 6) is 1.13. The lowest BCUT2D eigenvalue weighted by Gasteiger charge is -2.05. The lowest BCUT2D eigenvalue weighted by atomic mass is 10.3. The average molecular weight is 214 g/mol. The summed E-state index contributed by atoms with van der Waals surface area (Å²) in [6, 6.07) is 7.43. The molecular formula is C9H8ClNOS. The minimum absolute atomic E-state index is 0.415. The predicted octanol–water partition coefficient (Wildman–Crippen LogP) is 2.96. The quantitative estimate of drug-likeness (QED) is 0.724. The Morgan fingerprint density at radius 3 is 3.00 bits per heavy atom. The third-order valence-electron chi connectivity index (χ3n) is 1.42. The van der Waals surface area contributed by atoms with Crippen LogP contribution >= 0.6 is 23.4 Å². The Morgan fingerprint density at radius 2 is 2.38 bits per heavy atom. The van der Waals surface area contributed by atoms with Crippen molar-refractivity contribution in [3.05, 3.63) is 23.2 Å². The molecule has 0 saturated carbocycles. The smallest absolute Gasteiger partial charge is 0.133 e. The van der Waals surface area contributed by atoms with Crippen LogP contribution in [0, 0.1) is 11.3 Å². The second kappa shape index (κ2) is 5.00. The Hall–Kier alpha value is -0.850. The van der Waals surface area contributed by atoms with E-state index < -0.39 is 0 Å². The highest BCUT2D eigenvalue weighted by molar-refractivity contribution is 7.99. The Kier molecular flexibility index (Phi) is 3.94. The maximum atomic E-state index is 8.41. The minimum Gasteiger partial charge on any atom is -0.496 e. The van der Waals surface area contributed by atoms with Gasteiger partial charge < -0.3 is 4.74 Å². The van der Waals surface area contributed by atoms with Crippen LogP contribution in [0.1, 0.15) is 0 Å². The van der Waals surface area contributed by atoms with Gasteiger partial charge in [-0.2, -0.15) is 5.26 Å². The van der Waals surface area contributed by atoms with Crippen molar-refractivity contribution in [1.82, 2.24) is 0 Å². The van der Waals surface area contributed by atoms with Gasteiger partial charge in [0.05, 0.1) is 23.8 Å². The first-order valence-electron chi connectivity index (χ1n) is 3.61. The molecule has 0 atom stereocenters. The zero-order valence-corrected chi connectivity index (χ0v) is 8.65. The Balaban J connectivity index is 2.87. The van der Waals surface area contributed by atoms with Crippen LogP contribution < -0.4 is 4.74 Å². The van der Waals surface area contributed by atoms with E-state index in [-0.39, 0.29) is 0 Å². The molecule has 0 amide bonds. The van der Waals surface area contributed by atoms with Crippen LogP contribution in [0.3, 0.4) is 0 Å². The van der Waals surface area contributed by atoms with E-state index in [1.165, 1.54) is 11.8 Å². The highest BCUT2D eigenvalue weighted by atomic mass is 35.5. The predicted molar refractivity (Wildman–Crippen MR) is 54.3 cm³/mol. The molecule has 0 heterocycles. The van der Waals surface area contributed by atoms with E-state index in [1.807, 2.05) is 6.07 Å². The van der Waals surface area contributed by atoms with Crippen LogP contribution in [0.4, 0.5) is 0 Å². The normalized spacial score (nSPS) is 9.31. The summed E-state index contributed by atoms with van der Waals surface area (Å²) in [7, 11) is 1.59. The molecule has 0 unspecified atom stereocenters. The van der Waals surface area contributed by atoms with Gasteiger partial charge in [-0.3, -0.25) is 0 Å². The van der Waals surface area contributed by atoms with Gasteiger partial charge in [0.1, 0.15) is 5.75 Å². The number of halogens is 1. The molecule has 0 aliphatic carbocycles. The van der Waals surface area contributed by atoms with Crippen LogP contribution in [0.15, 0.2) is 23.1 Å². The lowest BCUT2D eigenvalue weighted by Crippen LogP contribution is -1.86. The highest BCUT2D eigenvalue weighted by Gasteiger charge is 2.03. The van der Waals surface area contributed by atoms with Gasteiger partial charge in [0.15, 0.2) is 0 Å². The number of hydrogen-bond acceptors (Lipinski definition) is 3. The summed E-state index contributed by atoms with van der Waals surface area (Å²) in [6.07, 6.45) is 0. The summed E-state index contributed by atoms with van der Waals surface area (Å²) in [4.78, 5) is 0.938. The monoisotopic (exact) mass is 213 g/mol. The average Bonchev–Trinajstić information content (AvgIpc) is 2.16. The van der Waals surface area contributed by atoms with Crippen LogP contribution in [0.5, 0.6) is 5.75 Å². The van der Waals surface area contributed by atoms with E-state index in [4.69, 9.17) is 21.6 Å². The first-order valence-corrected chi connectivity index (χ1v) is 4.97. The standard InChI is InChI=1S/C9H8ClNOS/c1-12-8-6-7(10)2-3-9(8)13-5-4-11/h2-3,6H,5H2,1H3. The second-order valence-electron chi connectivity index (χ2n) is 2.24. The van der Waals surface area contributed by atoms with Gasteiger partial charge >= 0.3 is 0 Å². The van der Waals surface area contributed by atoms with Gasteiger partial charge in [0, 0.05) is 5.02 Å². The fourth-order valence-electron chi connectivity index (χ4n) is 0.871. The summed E-state index contributed by atoms with van der Waals surface area (Å²) in [5, 5.41) is 9.05. The third-order valence-corrected chi connectivity index (χ3v) is 2.57. The molecule has 2 nitrogen and oxygen atoms in total. The zero-order valence-electron chi connectivity index (χ0n) is 7.08. The van der Waals surface area contributed by atoms with Gasteiger partial charge in [-0.1, -0.05) is 11.6 Å². The molecule has 0 aromatic heterocycles. The molecule has 68 valence electrons. The van der Waals surface area contributed by atoms with Gasteiger partial charge in [-0.05, 0) is 18.2 Å². The van der Waals surface area contributed by atoms with Crippen molar-refractivity contribution in [3.63, 3.8) is 0 Å². The zero-order chi connectivity index (χ0) is 9.68. The lowest BCUT2D eigenvalue weighted by molar-refractivity contribution is 0.405. The van der Waals surface area contributed by atoms with Crippen molar-refractivity contribution < 1.29 is 4.74 Å². The number of rotatable bonds is 3. The fourth-order valence-corrected chi connectivity index (χ4v) is 1.70. The molecule has 0 radical (unpaired) electrons. The summed E-state index contributed by atoms with van der Waals surface area (Å²) in [5.41, 5.74) is 0. The number of ether oxygens (including phenoxy) is 1. The second-order valence-corrected chi connectivity index (χ2v) is 3.70. The van der Waals surface area contributed by atoms with Crippen molar-refractivity contribution in [1.29, 1.82) is 5.26 Å². The molecule has 0 saturated heterocycles. The minimum atomic E-state index is 0.415. The van der Waals surface area contributed by atoms with Crippen molar-refractivity contribution in [2.45, 2.75) is 4.90 Å². The summed E-state index contributed by atoms with van der Waals surface area (Å²) >= 11 is 7.21. The molecular weight excluding hydrogens is 206 g/mol. The largest absolute Gasteiger partial charge is 0.496 e. The molecule has 13 heavy (non-hydrogen) atoms. The van der Waals surface area contributed by atoms with Crippen molar-refractivity contribution in [2.24, 2.45) is 0 Å². The molecule has 0 N–H and O–H groups in total. The number of hydrogen-bond donors (Lipinski definition) is 0. The van der Waals surface area contributed by atoms with E-state index in [1.54, 1.807) is 19.2 Å². The molecule has 0 bridgehead atoms. The summed E-state index contributed by atoms with van der Waals surface area (Å²) in [6.45, 7) is 0. The summed E-state index contributed by atoms with van der Waals surface area (Å²) < 4.78 is 5.11. The van der Waals surface area contributed by atoms with E-state index in [2.05, 4.69) is 6.07 Å². The van der Waals surface area contributed by atoms with Gasteiger partial charge in [0.25, 0.3) is 0 Å². The Bertz CT molecular complexity index is 335. The van der Waals surface area contributed by atoms with E-state index in [0.29, 0.717) is 16.5 Å². The molecule has 1 aromatic carbocycles. The fraction of sp³-hybridized carbons (Fsp3) is 0.222. The van der Waals surface area contributed by atoms with Crippen LogP contribution in [-0.2, 0) is 0 Å². The number of thioether (sulfide) groups is 1. The SMILES string of the molecule is COc1cc(Cl)ccc1SCC#N. The molecule has 0 aliphatic rings. The molecule has 0 spiro atoms. The number of nitrogens with zero attached hydrogens (tertiary/aromatic N) is 1. The Labute approximate surface area is 86.5 Å². The highest BCUT2D eigenvalue weighted by Crippen LogP contribution is 2.31. The third kappa shape index (κ3) is 2.83. The van der Waals surface area contributed by atoms with E-state index in [9.17, 15) is 0 Å². The van der Waals surface area contributed by atoms with Crippen molar-refractivity contribution in [3.8, 4) is 11.8 Å². The van der Waals surface area contributed by atoms with E-state index in [0.717, 1.165) is 4.90 Å². The number of methoxy groups -OCH3 is 1. The van der Waals surface area contributed by atoms with E-state index >= 15 is 0 Å². The van der Waals surface area contributed by atoms with Crippen LogP contribution in [0.2, 0.25) is 5.02 Å². The first-order chi connectivity index (χ1) is 6.27. The number of nitriles is 1. The van der Waals surface area contributed by atoms with Crippen molar-refractivity contribution >= 4 is 23.4 Å². The molecule has 1 aromatic rings. The van der Waals surface area contributed by atoms with Crippen LogP contribution in [0.25, 0.3) is 0 Å². The van der Waals surface area contributed by atoms with Crippen LogP contribution in [-0.4, -0.2) is 12.9 Å². The Morgan fingerprint density at radius 1 is 1.62 bits per heavy atom. The molecule has 0 aliphatic heterocycles.